The Morgan fingerprint density at radius 1 is 1.13 bits per heavy atom. The lowest BCUT2D eigenvalue weighted by atomic mass is 9.99. The van der Waals surface area contributed by atoms with Gasteiger partial charge in [0.05, 0.1) is 20.0 Å². The first kappa shape index (κ1) is 21.0. The number of nitrogens with zero attached hydrogens (tertiary/aromatic N) is 1. The summed E-state index contributed by atoms with van der Waals surface area (Å²) in [6.07, 6.45) is 6.86. The van der Waals surface area contributed by atoms with Crippen LogP contribution in [0.25, 0.3) is 27.7 Å². The molecular weight excluding hydrogens is 390 g/mol. The third-order valence-electron chi connectivity index (χ3n) is 5.81. The molecule has 2 heterocycles. The van der Waals surface area contributed by atoms with E-state index >= 15 is 0 Å². The van der Waals surface area contributed by atoms with E-state index in [1.165, 1.54) is 6.42 Å². The van der Waals surface area contributed by atoms with Gasteiger partial charge in [0.2, 0.25) is 5.91 Å². The average Bonchev–Trinajstić information content (AvgIpc) is 3.22. The molecule has 5 heteroatoms. The van der Waals surface area contributed by atoms with E-state index in [1.54, 1.807) is 19.4 Å². The van der Waals surface area contributed by atoms with Gasteiger partial charge in [-0.25, -0.2) is 0 Å². The van der Waals surface area contributed by atoms with Crippen LogP contribution in [0.4, 0.5) is 0 Å². The molecule has 1 fully saturated rings. The van der Waals surface area contributed by atoms with Crippen LogP contribution in [0.1, 0.15) is 38.7 Å². The first-order valence-electron chi connectivity index (χ1n) is 10.9. The first-order chi connectivity index (χ1) is 15.1. The summed E-state index contributed by atoms with van der Waals surface area (Å²) in [4.78, 5) is 14.7. The highest BCUT2D eigenvalue weighted by Crippen LogP contribution is 2.38. The van der Waals surface area contributed by atoms with Gasteiger partial charge in [-0.2, -0.15) is 0 Å². The highest BCUT2D eigenvalue weighted by Gasteiger charge is 2.18. The van der Waals surface area contributed by atoms with E-state index in [1.807, 2.05) is 49.1 Å². The summed E-state index contributed by atoms with van der Waals surface area (Å²) < 4.78 is 17.0. The van der Waals surface area contributed by atoms with Gasteiger partial charge in [0.25, 0.3) is 0 Å². The van der Waals surface area contributed by atoms with Crippen LogP contribution >= 0.6 is 0 Å². The van der Waals surface area contributed by atoms with Crippen LogP contribution in [0.15, 0.2) is 53.2 Å². The number of rotatable bonds is 6. The van der Waals surface area contributed by atoms with Gasteiger partial charge in [-0.05, 0) is 62.4 Å². The molecule has 4 rings (SSSR count). The molecule has 0 atom stereocenters. The molecule has 1 saturated heterocycles. The maximum absolute atomic E-state index is 12.8. The van der Waals surface area contributed by atoms with Gasteiger partial charge < -0.3 is 18.8 Å². The van der Waals surface area contributed by atoms with E-state index in [-0.39, 0.29) is 5.91 Å². The topological polar surface area (TPSA) is 51.9 Å². The Labute approximate surface area is 183 Å². The second-order valence-corrected chi connectivity index (χ2v) is 7.87. The summed E-state index contributed by atoms with van der Waals surface area (Å²) in [5, 5.41) is 0.988. The number of carbonyl (C=O) groups is 1. The van der Waals surface area contributed by atoms with Gasteiger partial charge in [-0.3, -0.25) is 4.79 Å². The molecule has 1 aliphatic rings. The number of ether oxygens (including phenoxy) is 2. The average molecular weight is 420 g/mol. The number of piperidine rings is 1. The molecule has 5 nitrogen and oxygen atoms in total. The van der Waals surface area contributed by atoms with Gasteiger partial charge in [-0.1, -0.05) is 12.1 Å². The molecule has 0 spiro atoms. The van der Waals surface area contributed by atoms with Crippen molar-refractivity contribution in [2.24, 2.45) is 0 Å². The Balaban J connectivity index is 1.74. The van der Waals surface area contributed by atoms with Crippen LogP contribution in [0.2, 0.25) is 0 Å². The second-order valence-electron chi connectivity index (χ2n) is 7.87. The molecule has 1 amide bonds. The van der Waals surface area contributed by atoms with Crippen LogP contribution < -0.4 is 9.47 Å². The molecule has 1 aromatic heterocycles. The number of allylic oxidation sites excluding steroid dienone is 1. The Morgan fingerprint density at radius 2 is 1.87 bits per heavy atom. The van der Waals surface area contributed by atoms with Crippen LogP contribution in [0.3, 0.4) is 0 Å². The largest absolute Gasteiger partial charge is 0.497 e. The summed E-state index contributed by atoms with van der Waals surface area (Å²) in [7, 11) is 1.66. The van der Waals surface area contributed by atoms with E-state index in [9.17, 15) is 4.79 Å². The second kappa shape index (κ2) is 9.29. The third-order valence-corrected chi connectivity index (χ3v) is 5.81. The van der Waals surface area contributed by atoms with Crippen molar-refractivity contribution in [1.82, 2.24) is 4.90 Å². The molecule has 162 valence electrons. The van der Waals surface area contributed by atoms with Crippen molar-refractivity contribution in [3.8, 4) is 22.6 Å². The number of hydrogen-bond donors (Lipinski definition) is 0. The number of benzene rings is 2. The van der Waals surface area contributed by atoms with E-state index in [0.29, 0.717) is 6.61 Å². The monoisotopic (exact) mass is 419 g/mol. The fraction of sp³-hybridized carbons (Fsp3) is 0.346. The molecule has 1 aliphatic heterocycles. The maximum atomic E-state index is 12.8. The number of hydrogen-bond acceptors (Lipinski definition) is 4. The van der Waals surface area contributed by atoms with Crippen molar-refractivity contribution in [1.29, 1.82) is 0 Å². The predicted molar refractivity (Wildman–Crippen MR) is 123 cm³/mol. The molecule has 0 N–H and O–H groups in total. The van der Waals surface area contributed by atoms with Gasteiger partial charge in [-0.15, -0.1) is 0 Å². The number of fused-ring (bicyclic) bond motifs is 1. The zero-order valence-electron chi connectivity index (χ0n) is 18.4. The summed E-state index contributed by atoms with van der Waals surface area (Å²) >= 11 is 0. The SMILES string of the molecule is CCOc1cc2occ(-c3ccc(OC)cc3)c2cc1/C(C)=C/C(=O)N1CCCCC1. The lowest BCUT2D eigenvalue weighted by Crippen LogP contribution is -2.34. The van der Waals surface area contributed by atoms with Crippen LogP contribution in [-0.2, 0) is 4.79 Å². The van der Waals surface area contributed by atoms with Crippen LogP contribution in [0.5, 0.6) is 11.5 Å². The van der Waals surface area contributed by atoms with Crippen LogP contribution in [0, 0.1) is 0 Å². The summed E-state index contributed by atoms with van der Waals surface area (Å²) in [6.45, 7) is 6.14. The lowest BCUT2D eigenvalue weighted by Gasteiger charge is -2.25. The molecule has 0 aliphatic carbocycles. The summed E-state index contributed by atoms with van der Waals surface area (Å²) in [5.74, 6) is 1.61. The zero-order chi connectivity index (χ0) is 21.8. The number of amides is 1. The summed E-state index contributed by atoms with van der Waals surface area (Å²) in [6, 6.07) is 11.9. The quantitative estimate of drug-likeness (QED) is 0.465. The van der Waals surface area contributed by atoms with E-state index in [0.717, 1.165) is 70.7 Å². The Hall–Kier alpha value is -3.21. The lowest BCUT2D eigenvalue weighted by molar-refractivity contribution is -0.126. The van der Waals surface area contributed by atoms with Gasteiger partial charge in [0, 0.05) is 41.7 Å². The molecule has 2 aromatic carbocycles. The fourth-order valence-electron chi connectivity index (χ4n) is 4.10. The number of furan rings is 1. The maximum Gasteiger partial charge on any atom is 0.246 e. The Bertz CT molecular complexity index is 1090. The van der Waals surface area contributed by atoms with E-state index in [4.69, 9.17) is 13.9 Å². The van der Waals surface area contributed by atoms with E-state index in [2.05, 4.69) is 6.07 Å². The third kappa shape index (κ3) is 4.46. The minimum atomic E-state index is 0.0716. The van der Waals surface area contributed by atoms with Gasteiger partial charge in [0.15, 0.2) is 0 Å². The first-order valence-corrected chi connectivity index (χ1v) is 10.9. The highest BCUT2D eigenvalue weighted by atomic mass is 16.5. The van der Waals surface area contributed by atoms with Crippen molar-refractivity contribution in [3.05, 3.63) is 54.3 Å². The molecule has 31 heavy (non-hydrogen) atoms. The smallest absolute Gasteiger partial charge is 0.246 e. The van der Waals surface area contributed by atoms with Crippen molar-refractivity contribution in [3.63, 3.8) is 0 Å². The molecular formula is C26H29NO4. The van der Waals surface area contributed by atoms with E-state index < -0.39 is 0 Å². The molecule has 3 aromatic rings. The molecule has 0 bridgehead atoms. The predicted octanol–water partition coefficient (Wildman–Crippen LogP) is 5.92. The summed E-state index contributed by atoms with van der Waals surface area (Å²) in [5.41, 5.74) is 4.60. The minimum absolute atomic E-state index is 0.0716. The van der Waals surface area contributed by atoms with Crippen molar-refractivity contribution < 1.29 is 18.7 Å². The van der Waals surface area contributed by atoms with Gasteiger partial charge >= 0.3 is 0 Å². The normalized spacial score (nSPS) is 14.7. The van der Waals surface area contributed by atoms with Crippen molar-refractivity contribution in [2.45, 2.75) is 33.1 Å². The van der Waals surface area contributed by atoms with Gasteiger partial charge in [0.1, 0.15) is 17.1 Å². The Morgan fingerprint density at radius 3 is 2.55 bits per heavy atom. The van der Waals surface area contributed by atoms with Crippen molar-refractivity contribution >= 4 is 22.4 Å². The number of methoxy groups -OCH3 is 1. The van der Waals surface area contributed by atoms with Crippen LogP contribution in [-0.4, -0.2) is 37.6 Å². The standard InChI is InChI=1S/C26H29NO4/c1-4-30-24-16-25-22(23(17-31-25)19-8-10-20(29-3)11-9-19)15-21(24)18(2)14-26(28)27-12-6-5-7-13-27/h8-11,14-17H,4-7,12-13H2,1-3H3/b18-14+. The zero-order valence-corrected chi connectivity index (χ0v) is 18.4. The fourth-order valence-corrected chi connectivity index (χ4v) is 4.10. The Kier molecular flexibility index (Phi) is 6.31. The molecule has 0 unspecified atom stereocenters. The van der Waals surface area contributed by atoms with Crippen molar-refractivity contribution in [2.75, 3.05) is 26.8 Å². The molecule has 0 saturated carbocycles. The minimum Gasteiger partial charge on any atom is -0.497 e. The number of carbonyl (C=O) groups excluding carboxylic acids is 1. The highest BCUT2D eigenvalue weighted by molar-refractivity contribution is 6.00. The molecule has 0 radical (unpaired) electrons. The number of likely N-dealkylation sites (tertiary alicyclic amines) is 1.